The number of nitro benzene ring substituents is 1. The smallest absolute Gasteiger partial charge is 0.283 e. The molecular formula is C15H12ClN3O4. The maximum Gasteiger partial charge on any atom is 0.283 e. The van der Waals surface area contributed by atoms with E-state index in [1.54, 1.807) is 12.1 Å². The van der Waals surface area contributed by atoms with E-state index in [9.17, 15) is 19.7 Å². The van der Waals surface area contributed by atoms with Gasteiger partial charge in [-0.05, 0) is 29.8 Å². The fourth-order valence-electron chi connectivity index (χ4n) is 1.91. The van der Waals surface area contributed by atoms with Crippen molar-refractivity contribution < 1.29 is 14.5 Å². The maximum absolute atomic E-state index is 12.1. The summed E-state index contributed by atoms with van der Waals surface area (Å²) in [5.41, 5.74) is 5.78. The van der Waals surface area contributed by atoms with Crippen LogP contribution < -0.4 is 11.1 Å². The number of nitrogens with zero attached hydrogens (tertiary/aromatic N) is 1. The van der Waals surface area contributed by atoms with E-state index in [1.807, 2.05) is 0 Å². The Morgan fingerprint density at radius 1 is 1.17 bits per heavy atom. The number of carbonyl (C=O) groups is 2. The fourth-order valence-corrected chi connectivity index (χ4v) is 2.08. The molecule has 7 nitrogen and oxygen atoms in total. The summed E-state index contributed by atoms with van der Waals surface area (Å²) in [6, 6.07) is 10.2. The first kappa shape index (κ1) is 16.4. The fraction of sp³-hybridized carbons (Fsp3) is 0.0667. The molecule has 0 aliphatic rings. The largest absolute Gasteiger partial charge is 0.366 e. The zero-order valence-corrected chi connectivity index (χ0v) is 12.5. The minimum atomic E-state index is -0.664. The molecule has 0 bridgehead atoms. The van der Waals surface area contributed by atoms with Crippen molar-refractivity contribution in [2.45, 2.75) is 6.54 Å². The van der Waals surface area contributed by atoms with Gasteiger partial charge in [-0.25, -0.2) is 0 Å². The molecule has 118 valence electrons. The Morgan fingerprint density at radius 2 is 1.83 bits per heavy atom. The highest BCUT2D eigenvalue weighted by Gasteiger charge is 2.20. The lowest BCUT2D eigenvalue weighted by Gasteiger charge is -2.07. The number of amides is 2. The highest BCUT2D eigenvalue weighted by atomic mass is 35.5. The molecule has 0 radical (unpaired) electrons. The third kappa shape index (κ3) is 4.04. The standard InChI is InChI=1S/C15H12ClN3O4/c16-11-5-6-12(13(7-11)19(22)23)15(21)18-8-9-1-3-10(4-2-9)14(17)20/h1-7H,8H2,(H2,17,20)(H,18,21). The van der Waals surface area contributed by atoms with Crippen molar-refractivity contribution in [3.05, 3.63) is 74.3 Å². The SMILES string of the molecule is NC(=O)c1ccc(CNC(=O)c2ccc(Cl)cc2[N+](=O)[O-])cc1. The highest BCUT2D eigenvalue weighted by Crippen LogP contribution is 2.23. The Kier molecular flexibility index (Phi) is 4.92. The van der Waals surface area contributed by atoms with Crippen molar-refractivity contribution in [3.8, 4) is 0 Å². The van der Waals surface area contributed by atoms with E-state index in [-0.39, 0.29) is 22.8 Å². The highest BCUT2D eigenvalue weighted by molar-refractivity contribution is 6.31. The molecule has 2 aromatic rings. The van der Waals surface area contributed by atoms with E-state index in [0.717, 1.165) is 11.6 Å². The molecule has 0 fully saturated rings. The summed E-state index contributed by atoms with van der Waals surface area (Å²) < 4.78 is 0. The van der Waals surface area contributed by atoms with Gasteiger partial charge in [0.15, 0.2) is 0 Å². The van der Waals surface area contributed by atoms with Gasteiger partial charge in [0.05, 0.1) is 4.92 Å². The first-order valence-corrected chi connectivity index (χ1v) is 6.87. The normalized spacial score (nSPS) is 10.1. The average molecular weight is 334 g/mol. The van der Waals surface area contributed by atoms with Crippen LogP contribution in [0.4, 0.5) is 5.69 Å². The second-order valence-corrected chi connectivity index (χ2v) is 5.10. The number of primary amides is 1. The van der Waals surface area contributed by atoms with Crippen molar-refractivity contribution in [3.63, 3.8) is 0 Å². The summed E-state index contributed by atoms with van der Waals surface area (Å²) in [5, 5.41) is 13.7. The van der Waals surface area contributed by atoms with Crippen molar-refractivity contribution in [1.29, 1.82) is 0 Å². The summed E-state index contributed by atoms with van der Waals surface area (Å²) in [7, 11) is 0. The van der Waals surface area contributed by atoms with Gasteiger partial charge in [-0.1, -0.05) is 23.7 Å². The van der Waals surface area contributed by atoms with Gasteiger partial charge in [-0.3, -0.25) is 19.7 Å². The summed E-state index contributed by atoms with van der Waals surface area (Å²) in [5.74, 6) is -1.13. The second-order valence-electron chi connectivity index (χ2n) is 4.66. The Morgan fingerprint density at radius 3 is 2.39 bits per heavy atom. The van der Waals surface area contributed by atoms with Crippen LogP contribution in [0.5, 0.6) is 0 Å². The van der Waals surface area contributed by atoms with Gasteiger partial charge in [-0.15, -0.1) is 0 Å². The number of nitrogens with two attached hydrogens (primary N) is 1. The zero-order valence-electron chi connectivity index (χ0n) is 11.8. The van der Waals surface area contributed by atoms with E-state index in [2.05, 4.69) is 5.32 Å². The van der Waals surface area contributed by atoms with Crippen LogP contribution >= 0.6 is 11.6 Å². The Balaban J connectivity index is 2.11. The van der Waals surface area contributed by atoms with Crippen LogP contribution in [0.1, 0.15) is 26.3 Å². The van der Waals surface area contributed by atoms with E-state index in [1.165, 1.54) is 24.3 Å². The molecule has 0 saturated heterocycles. The number of benzene rings is 2. The van der Waals surface area contributed by atoms with Gasteiger partial charge in [0.2, 0.25) is 5.91 Å². The quantitative estimate of drug-likeness (QED) is 0.645. The van der Waals surface area contributed by atoms with E-state index in [4.69, 9.17) is 17.3 Å². The first-order chi connectivity index (χ1) is 10.9. The third-order valence-electron chi connectivity index (χ3n) is 3.09. The van der Waals surface area contributed by atoms with Crippen molar-refractivity contribution >= 4 is 29.1 Å². The van der Waals surface area contributed by atoms with Gasteiger partial charge >= 0.3 is 0 Å². The van der Waals surface area contributed by atoms with Crippen LogP contribution in [0.3, 0.4) is 0 Å². The number of nitrogens with one attached hydrogen (secondary N) is 1. The number of carbonyl (C=O) groups excluding carboxylic acids is 2. The Labute approximate surface area is 136 Å². The molecule has 0 aliphatic heterocycles. The molecule has 0 spiro atoms. The molecule has 23 heavy (non-hydrogen) atoms. The molecule has 0 heterocycles. The number of hydrogen-bond acceptors (Lipinski definition) is 4. The van der Waals surface area contributed by atoms with Gasteiger partial charge < -0.3 is 11.1 Å². The predicted octanol–water partition coefficient (Wildman–Crippen LogP) is 2.28. The van der Waals surface area contributed by atoms with Crippen LogP contribution in [-0.4, -0.2) is 16.7 Å². The average Bonchev–Trinajstić information content (AvgIpc) is 2.52. The first-order valence-electron chi connectivity index (χ1n) is 6.49. The van der Waals surface area contributed by atoms with Gasteiger partial charge in [0, 0.05) is 23.2 Å². The molecule has 0 saturated carbocycles. The molecule has 0 atom stereocenters. The zero-order chi connectivity index (χ0) is 17.0. The lowest BCUT2D eigenvalue weighted by Crippen LogP contribution is -2.23. The Bertz CT molecular complexity index is 775. The molecule has 2 rings (SSSR count). The second kappa shape index (κ2) is 6.89. The van der Waals surface area contributed by atoms with E-state index in [0.29, 0.717) is 5.56 Å². The Hall–Kier alpha value is -2.93. The van der Waals surface area contributed by atoms with Crippen LogP contribution in [0, 0.1) is 10.1 Å². The molecular weight excluding hydrogens is 322 g/mol. The van der Waals surface area contributed by atoms with Crippen LogP contribution in [0.15, 0.2) is 42.5 Å². The number of nitro groups is 1. The van der Waals surface area contributed by atoms with Crippen molar-refractivity contribution in [1.82, 2.24) is 5.32 Å². The number of halogens is 1. The minimum Gasteiger partial charge on any atom is -0.366 e. The van der Waals surface area contributed by atoms with Crippen LogP contribution in [-0.2, 0) is 6.54 Å². The molecule has 3 N–H and O–H groups in total. The van der Waals surface area contributed by atoms with Gasteiger partial charge in [0.25, 0.3) is 11.6 Å². The summed E-state index contributed by atoms with van der Waals surface area (Å²) >= 11 is 5.70. The molecule has 0 unspecified atom stereocenters. The number of hydrogen-bond donors (Lipinski definition) is 2. The lowest BCUT2D eigenvalue weighted by molar-refractivity contribution is -0.385. The minimum absolute atomic E-state index is 0.0758. The molecule has 0 aliphatic carbocycles. The molecule has 8 heteroatoms. The summed E-state index contributed by atoms with van der Waals surface area (Å²) in [6.45, 7) is 0.150. The lowest BCUT2D eigenvalue weighted by atomic mass is 10.1. The van der Waals surface area contributed by atoms with Gasteiger partial charge in [0.1, 0.15) is 5.56 Å². The van der Waals surface area contributed by atoms with Gasteiger partial charge in [-0.2, -0.15) is 0 Å². The summed E-state index contributed by atoms with van der Waals surface area (Å²) in [6.07, 6.45) is 0. The van der Waals surface area contributed by atoms with Crippen LogP contribution in [0.2, 0.25) is 5.02 Å². The molecule has 2 amide bonds. The van der Waals surface area contributed by atoms with Crippen molar-refractivity contribution in [2.24, 2.45) is 5.73 Å². The van der Waals surface area contributed by atoms with E-state index >= 15 is 0 Å². The van der Waals surface area contributed by atoms with Crippen molar-refractivity contribution in [2.75, 3.05) is 0 Å². The third-order valence-corrected chi connectivity index (χ3v) is 3.33. The predicted molar refractivity (Wildman–Crippen MR) is 84.2 cm³/mol. The number of rotatable bonds is 5. The molecule has 0 aromatic heterocycles. The summed E-state index contributed by atoms with van der Waals surface area (Å²) in [4.78, 5) is 33.4. The maximum atomic E-state index is 12.1. The topological polar surface area (TPSA) is 115 Å². The van der Waals surface area contributed by atoms with Crippen LogP contribution in [0.25, 0.3) is 0 Å². The van der Waals surface area contributed by atoms with E-state index < -0.39 is 16.7 Å². The monoisotopic (exact) mass is 333 g/mol. The molecule has 2 aromatic carbocycles.